The summed E-state index contributed by atoms with van der Waals surface area (Å²) in [4.78, 5) is 32.0. The van der Waals surface area contributed by atoms with Crippen LogP contribution in [0.2, 0.25) is 0 Å². The maximum absolute atomic E-state index is 12.4. The highest BCUT2D eigenvalue weighted by atomic mass is 127. The van der Waals surface area contributed by atoms with Gasteiger partial charge >= 0.3 is 0 Å². The quantitative estimate of drug-likeness (QED) is 0.393. The van der Waals surface area contributed by atoms with E-state index in [1.165, 1.54) is 12.8 Å². The van der Waals surface area contributed by atoms with Crippen LogP contribution in [-0.2, 0) is 11.3 Å². The van der Waals surface area contributed by atoms with Crippen molar-refractivity contribution in [3.05, 3.63) is 35.4 Å². The maximum Gasteiger partial charge on any atom is 0.254 e. The fraction of sp³-hybridized carbons (Fsp3) is 0.500. The first kappa shape index (κ1) is 20.5. The summed E-state index contributed by atoms with van der Waals surface area (Å²) < 4.78 is 0. The number of likely N-dealkylation sites (tertiary alicyclic amines) is 1. The molecular weight excluding hydrogens is 445 g/mol. The molecule has 0 bridgehead atoms. The number of halogens is 1. The second-order valence-corrected chi connectivity index (χ2v) is 6.37. The minimum Gasteiger partial charge on any atom is -0.353 e. The fourth-order valence-corrected chi connectivity index (χ4v) is 3.20. The van der Waals surface area contributed by atoms with Crippen LogP contribution in [0.4, 0.5) is 0 Å². The van der Waals surface area contributed by atoms with Gasteiger partial charge in [0.15, 0.2) is 5.96 Å². The van der Waals surface area contributed by atoms with Gasteiger partial charge < -0.3 is 20.4 Å². The summed E-state index contributed by atoms with van der Waals surface area (Å²) in [6.07, 6.45) is 2.43. The molecule has 2 N–H and O–H groups in total. The Morgan fingerprint density at radius 3 is 2.46 bits per heavy atom. The van der Waals surface area contributed by atoms with Crippen LogP contribution in [0.25, 0.3) is 0 Å². The number of aliphatic imine (C=N–C) groups is 1. The fourth-order valence-electron chi connectivity index (χ4n) is 3.20. The number of hydrogen-bond acceptors (Lipinski definition) is 3. The van der Waals surface area contributed by atoms with Crippen LogP contribution >= 0.6 is 24.0 Å². The first-order valence-corrected chi connectivity index (χ1v) is 8.78. The van der Waals surface area contributed by atoms with E-state index in [0.717, 1.165) is 24.6 Å². The van der Waals surface area contributed by atoms with E-state index in [1.54, 1.807) is 11.9 Å². The Morgan fingerprint density at radius 1 is 1.15 bits per heavy atom. The molecule has 7 nitrogen and oxygen atoms in total. The van der Waals surface area contributed by atoms with Crippen LogP contribution in [-0.4, -0.2) is 67.3 Å². The predicted octanol–water partition coefficient (Wildman–Crippen LogP) is 1.05. The zero-order valence-electron chi connectivity index (χ0n) is 15.0. The summed E-state index contributed by atoms with van der Waals surface area (Å²) >= 11 is 0. The van der Waals surface area contributed by atoms with Crippen LogP contribution in [0, 0.1) is 0 Å². The highest BCUT2D eigenvalue weighted by Crippen LogP contribution is 2.10. The summed E-state index contributed by atoms with van der Waals surface area (Å²) in [5, 5.41) is 6.10. The molecule has 8 heteroatoms. The van der Waals surface area contributed by atoms with Gasteiger partial charge in [-0.25, -0.2) is 0 Å². The zero-order valence-corrected chi connectivity index (χ0v) is 17.4. The van der Waals surface area contributed by atoms with Crippen LogP contribution in [0.15, 0.2) is 29.3 Å². The molecule has 142 valence electrons. The number of amides is 2. The van der Waals surface area contributed by atoms with E-state index < -0.39 is 0 Å². The summed E-state index contributed by atoms with van der Waals surface area (Å²) in [6.45, 7) is 3.98. The molecule has 1 aromatic rings. The lowest BCUT2D eigenvalue weighted by molar-refractivity contribution is -0.123. The Kier molecular flexibility index (Phi) is 7.67. The normalized spacial score (nSPS) is 17.6. The molecule has 3 rings (SSSR count). The van der Waals surface area contributed by atoms with Crippen molar-refractivity contribution >= 4 is 41.8 Å². The van der Waals surface area contributed by atoms with Crippen molar-refractivity contribution in [2.24, 2.45) is 4.99 Å². The number of piperazine rings is 1. The molecule has 0 unspecified atom stereocenters. The molecule has 0 spiro atoms. The number of carbonyl (C=O) groups excluding carboxylic acids is 2. The molecule has 0 atom stereocenters. The molecule has 0 radical (unpaired) electrons. The van der Waals surface area contributed by atoms with Gasteiger partial charge in [-0.2, -0.15) is 0 Å². The lowest BCUT2D eigenvalue weighted by Gasteiger charge is -2.26. The Hall–Kier alpha value is -1.84. The Labute approximate surface area is 171 Å². The smallest absolute Gasteiger partial charge is 0.254 e. The van der Waals surface area contributed by atoms with Crippen molar-refractivity contribution in [2.45, 2.75) is 19.4 Å². The van der Waals surface area contributed by atoms with E-state index >= 15 is 0 Å². The van der Waals surface area contributed by atoms with Crippen molar-refractivity contribution in [2.75, 3.05) is 39.8 Å². The summed E-state index contributed by atoms with van der Waals surface area (Å²) in [7, 11) is 1.80. The minimum absolute atomic E-state index is 0. The highest BCUT2D eigenvalue weighted by molar-refractivity contribution is 14.0. The molecule has 1 aromatic carbocycles. The third kappa shape index (κ3) is 5.09. The molecule has 2 fully saturated rings. The van der Waals surface area contributed by atoms with Gasteiger partial charge in [-0.05, 0) is 30.5 Å². The SMILES string of the molecule is CN=C(NCc1ccc(C(=O)N2CCNC(=O)C2)cc1)N1CCCC1.I. The number of guanidine groups is 1. The van der Waals surface area contributed by atoms with E-state index in [2.05, 4.69) is 20.5 Å². The van der Waals surface area contributed by atoms with E-state index in [-0.39, 0.29) is 42.3 Å². The first-order valence-electron chi connectivity index (χ1n) is 8.78. The van der Waals surface area contributed by atoms with Crippen molar-refractivity contribution in [1.29, 1.82) is 0 Å². The van der Waals surface area contributed by atoms with Gasteiger partial charge in [0, 0.05) is 45.3 Å². The lowest BCUT2D eigenvalue weighted by atomic mass is 10.1. The molecule has 0 saturated carbocycles. The molecule has 2 amide bonds. The van der Waals surface area contributed by atoms with Crippen LogP contribution < -0.4 is 10.6 Å². The third-order valence-electron chi connectivity index (χ3n) is 4.59. The molecular formula is C18H26IN5O2. The summed E-state index contributed by atoms with van der Waals surface area (Å²) in [5.74, 6) is 0.730. The third-order valence-corrected chi connectivity index (χ3v) is 4.59. The number of nitrogens with zero attached hydrogens (tertiary/aromatic N) is 3. The largest absolute Gasteiger partial charge is 0.353 e. The van der Waals surface area contributed by atoms with Crippen molar-refractivity contribution in [3.8, 4) is 0 Å². The van der Waals surface area contributed by atoms with E-state index in [4.69, 9.17) is 0 Å². The van der Waals surface area contributed by atoms with Gasteiger partial charge in [-0.1, -0.05) is 12.1 Å². The molecule has 0 aliphatic carbocycles. The monoisotopic (exact) mass is 471 g/mol. The number of rotatable bonds is 3. The number of nitrogens with one attached hydrogen (secondary N) is 2. The van der Waals surface area contributed by atoms with Gasteiger partial charge in [0.05, 0.1) is 6.54 Å². The van der Waals surface area contributed by atoms with Gasteiger partial charge in [-0.15, -0.1) is 24.0 Å². The minimum atomic E-state index is -0.103. The van der Waals surface area contributed by atoms with E-state index in [0.29, 0.717) is 25.2 Å². The molecule has 26 heavy (non-hydrogen) atoms. The molecule has 0 aromatic heterocycles. The molecule has 2 aliphatic rings. The highest BCUT2D eigenvalue weighted by Gasteiger charge is 2.22. The number of hydrogen-bond donors (Lipinski definition) is 2. The van der Waals surface area contributed by atoms with Crippen LogP contribution in [0.3, 0.4) is 0 Å². The van der Waals surface area contributed by atoms with Gasteiger partial charge in [-0.3, -0.25) is 14.6 Å². The second kappa shape index (κ2) is 9.75. The van der Waals surface area contributed by atoms with Crippen molar-refractivity contribution in [3.63, 3.8) is 0 Å². The average Bonchev–Trinajstić information content (AvgIpc) is 3.17. The number of carbonyl (C=O) groups is 2. The van der Waals surface area contributed by atoms with E-state index in [1.807, 2.05) is 24.3 Å². The van der Waals surface area contributed by atoms with Crippen molar-refractivity contribution < 1.29 is 9.59 Å². The summed E-state index contributed by atoms with van der Waals surface area (Å²) in [5.41, 5.74) is 1.70. The van der Waals surface area contributed by atoms with Crippen LogP contribution in [0.1, 0.15) is 28.8 Å². The summed E-state index contributed by atoms with van der Waals surface area (Å²) in [6, 6.07) is 7.54. The average molecular weight is 471 g/mol. The zero-order chi connectivity index (χ0) is 17.6. The molecule has 2 heterocycles. The standard InChI is InChI=1S/C18H25N5O2.HI/c1-19-18(22-9-2-3-10-22)21-12-14-4-6-15(7-5-14)17(25)23-11-8-20-16(24)13-23;/h4-7H,2-3,8-13H2,1H3,(H,19,21)(H,20,24);1H. The molecule has 2 aliphatic heterocycles. The van der Waals surface area contributed by atoms with Gasteiger partial charge in [0.2, 0.25) is 5.91 Å². The van der Waals surface area contributed by atoms with Gasteiger partial charge in [0.25, 0.3) is 5.91 Å². The predicted molar refractivity (Wildman–Crippen MR) is 112 cm³/mol. The second-order valence-electron chi connectivity index (χ2n) is 6.37. The Morgan fingerprint density at radius 2 is 1.85 bits per heavy atom. The Bertz CT molecular complexity index is 656. The molecule has 2 saturated heterocycles. The topological polar surface area (TPSA) is 77.0 Å². The van der Waals surface area contributed by atoms with Crippen LogP contribution in [0.5, 0.6) is 0 Å². The Balaban J connectivity index is 0.00000243. The van der Waals surface area contributed by atoms with Gasteiger partial charge in [0.1, 0.15) is 0 Å². The lowest BCUT2D eigenvalue weighted by Crippen LogP contribution is -2.49. The first-order chi connectivity index (χ1) is 12.2. The van der Waals surface area contributed by atoms with Crippen molar-refractivity contribution in [1.82, 2.24) is 20.4 Å². The maximum atomic E-state index is 12.4. The number of benzene rings is 1. The van der Waals surface area contributed by atoms with E-state index in [9.17, 15) is 9.59 Å².